The largest absolute Gasteiger partial charge is 0.298 e. The Kier molecular flexibility index (Phi) is 1.71. The first-order chi connectivity index (χ1) is 4.22. The summed E-state index contributed by atoms with van der Waals surface area (Å²) in [6, 6.07) is 4.59. The fourth-order valence-corrected chi connectivity index (χ4v) is 0.870. The second-order valence-electron chi connectivity index (χ2n) is 1.60. The molecule has 0 atom stereocenters. The lowest BCUT2D eigenvalue weighted by Gasteiger charge is -1.93. The lowest BCUT2D eigenvalue weighted by atomic mass is 10.3. The van der Waals surface area contributed by atoms with Gasteiger partial charge in [-0.1, -0.05) is 6.07 Å². The molecule has 0 aliphatic rings. The second kappa shape index (κ2) is 2.35. The molecule has 0 aliphatic heterocycles. The number of hydrogen-bond donors (Lipinski definition) is 0. The molecule has 0 fully saturated rings. The van der Waals surface area contributed by atoms with Gasteiger partial charge in [-0.2, -0.15) is 0 Å². The third kappa shape index (κ3) is 1.21. The van der Waals surface area contributed by atoms with Crippen molar-refractivity contribution in [3.05, 3.63) is 28.5 Å². The number of benzene rings is 1. The molecule has 1 nitrogen and oxygen atoms in total. The third-order valence-electron chi connectivity index (χ3n) is 0.952. The summed E-state index contributed by atoms with van der Waals surface area (Å²) in [5, 5.41) is 0. The van der Waals surface area contributed by atoms with E-state index in [1.165, 1.54) is 6.07 Å². The highest BCUT2D eigenvalue weighted by Crippen LogP contribution is 2.20. The maximum Gasteiger partial charge on any atom is 0.162 e. The normalized spacial score (nSPS) is 9.56. The predicted octanol–water partition coefficient (Wildman–Crippen LogP) is 2.50. The van der Waals surface area contributed by atoms with Crippen molar-refractivity contribution in [1.82, 2.24) is 5.73 Å². The Bertz CT molecular complexity index is 204. The van der Waals surface area contributed by atoms with E-state index in [0.29, 0.717) is 4.47 Å². The molecule has 0 aromatic heterocycles. The summed E-state index contributed by atoms with van der Waals surface area (Å²) in [6.07, 6.45) is 0. The highest BCUT2D eigenvalue weighted by molar-refractivity contribution is 9.10. The van der Waals surface area contributed by atoms with Crippen molar-refractivity contribution < 1.29 is 4.39 Å². The molecule has 9 heavy (non-hydrogen) atoms. The van der Waals surface area contributed by atoms with Gasteiger partial charge in [0, 0.05) is 0 Å². The van der Waals surface area contributed by atoms with Gasteiger partial charge in [-0.15, -0.1) is 0 Å². The zero-order chi connectivity index (χ0) is 6.85. The molecule has 0 saturated carbocycles. The van der Waals surface area contributed by atoms with E-state index < -0.39 is 5.82 Å². The van der Waals surface area contributed by atoms with Crippen molar-refractivity contribution in [2.45, 2.75) is 0 Å². The minimum Gasteiger partial charge on any atom is -0.298 e. The molecule has 0 spiro atoms. The lowest BCUT2D eigenvalue weighted by Crippen LogP contribution is -1.78. The van der Waals surface area contributed by atoms with Crippen LogP contribution in [0.15, 0.2) is 22.7 Å². The van der Waals surface area contributed by atoms with Crippen LogP contribution in [-0.2, 0) is 0 Å². The number of nitrogens with one attached hydrogen (secondary N) is 1. The van der Waals surface area contributed by atoms with Gasteiger partial charge in [0.2, 0.25) is 0 Å². The van der Waals surface area contributed by atoms with Crippen LogP contribution in [0.5, 0.6) is 0 Å². The third-order valence-corrected chi connectivity index (χ3v) is 1.56. The summed E-state index contributed by atoms with van der Waals surface area (Å²) in [7, 11) is 0. The molecule has 3 heteroatoms. The van der Waals surface area contributed by atoms with Crippen molar-refractivity contribution in [1.29, 1.82) is 0 Å². The van der Waals surface area contributed by atoms with E-state index in [0.717, 1.165) is 0 Å². The number of rotatable bonds is 0. The van der Waals surface area contributed by atoms with Crippen LogP contribution in [0.25, 0.3) is 0 Å². The highest BCUT2D eigenvalue weighted by Gasteiger charge is 2.00. The first-order valence-electron chi connectivity index (χ1n) is 2.37. The minimum atomic E-state index is -0.502. The van der Waals surface area contributed by atoms with E-state index in [1.54, 1.807) is 12.1 Å². The van der Waals surface area contributed by atoms with Crippen molar-refractivity contribution in [2.24, 2.45) is 0 Å². The lowest BCUT2D eigenvalue weighted by molar-refractivity contribution is 0.622. The molecule has 1 aromatic carbocycles. The van der Waals surface area contributed by atoms with Crippen LogP contribution >= 0.6 is 15.9 Å². The zero-order valence-corrected chi connectivity index (χ0v) is 6.07. The van der Waals surface area contributed by atoms with Gasteiger partial charge in [-0.25, -0.2) is 4.39 Å². The SMILES string of the molecule is [NH]c1cccc(Br)c1F. The topological polar surface area (TPSA) is 23.8 Å². The molecule has 0 unspecified atom stereocenters. The molecule has 1 radical (unpaired) electrons. The van der Waals surface area contributed by atoms with Crippen molar-refractivity contribution in [2.75, 3.05) is 0 Å². The van der Waals surface area contributed by atoms with E-state index in [4.69, 9.17) is 5.73 Å². The zero-order valence-electron chi connectivity index (χ0n) is 4.49. The fourth-order valence-electron chi connectivity index (χ4n) is 0.504. The van der Waals surface area contributed by atoms with Gasteiger partial charge in [0.1, 0.15) is 0 Å². The van der Waals surface area contributed by atoms with Gasteiger partial charge in [0.05, 0.1) is 10.2 Å². The van der Waals surface area contributed by atoms with Crippen LogP contribution in [0.4, 0.5) is 10.1 Å². The minimum absolute atomic E-state index is 0.0793. The molecule has 0 heterocycles. The summed E-state index contributed by atoms with van der Waals surface area (Å²) < 4.78 is 12.8. The number of hydrogen-bond acceptors (Lipinski definition) is 0. The van der Waals surface area contributed by atoms with Crippen LogP contribution in [0.3, 0.4) is 0 Å². The highest BCUT2D eigenvalue weighted by atomic mass is 79.9. The summed E-state index contributed by atoms with van der Waals surface area (Å²) in [5.41, 5.74) is 6.88. The fraction of sp³-hybridized carbons (Fsp3) is 0. The molecule has 1 aromatic rings. The molecule has 1 rings (SSSR count). The molecular formula is C6H4BrFN. The Labute approximate surface area is 60.8 Å². The van der Waals surface area contributed by atoms with Gasteiger partial charge in [0.25, 0.3) is 0 Å². The Balaban J connectivity index is 3.25. The van der Waals surface area contributed by atoms with Crippen LogP contribution < -0.4 is 5.73 Å². The van der Waals surface area contributed by atoms with E-state index in [9.17, 15) is 4.39 Å². The molecule has 47 valence electrons. The Morgan fingerprint density at radius 3 is 2.56 bits per heavy atom. The van der Waals surface area contributed by atoms with Crippen molar-refractivity contribution >= 4 is 21.6 Å². The van der Waals surface area contributed by atoms with E-state index in [-0.39, 0.29) is 5.69 Å². The van der Waals surface area contributed by atoms with Crippen LogP contribution in [0.1, 0.15) is 0 Å². The molecule has 0 saturated heterocycles. The summed E-state index contributed by atoms with van der Waals surface area (Å²) in [5.74, 6) is -0.502. The standard InChI is InChI=1S/C6H4BrFN/c7-4-2-1-3-5(9)6(4)8/h1-3,9H. The van der Waals surface area contributed by atoms with Crippen molar-refractivity contribution in [3.63, 3.8) is 0 Å². The molecule has 1 N–H and O–H groups in total. The molecule has 0 amide bonds. The Hall–Kier alpha value is -0.570. The molecule has 0 aliphatic carbocycles. The summed E-state index contributed by atoms with van der Waals surface area (Å²) >= 11 is 2.95. The maximum absolute atomic E-state index is 12.5. The molecule has 0 bridgehead atoms. The van der Waals surface area contributed by atoms with E-state index >= 15 is 0 Å². The summed E-state index contributed by atoms with van der Waals surface area (Å²) in [6.45, 7) is 0. The van der Waals surface area contributed by atoms with Gasteiger partial charge < -0.3 is 0 Å². The van der Waals surface area contributed by atoms with Gasteiger partial charge in [0.15, 0.2) is 5.82 Å². The smallest absolute Gasteiger partial charge is 0.162 e. The van der Waals surface area contributed by atoms with Crippen LogP contribution in [0, 0.1) is 5.82 Å². The van der Waals surface area contributed by atoms with Gasteiger partial charge in [-0.05, 0) is 28.1 Å². The van der Waals surface area contributed by atoms with Gasteiger partial charge >= 0.3 is 0 Å². The Morgan fingerprint density at radius 2 is 2.11 bits per heavy atom. The first kappa shape index (κ1) is 6.55. The van der Waals surface area contributed by atoms with E-state index in [2.05, 4.69) is 15.9 Å². The van der Waals surface area contributed by atoms with Gasteiger partial charge in [-0.3, -0.25) is 5.73 Å². The first-order valence-corrected chi connectivity index (χ1v) is 3.16. The Morgan fingerprint density at radius 1 is 1.44 bits per heavy atom. The summed E-state index contributed by atoms with van der Waals surface area (Å²) in [4.78, 5) is 0. The van der Waals surface area contributed by atoms with E-state index in [1.807, 2.05) is 0 Å². The second-order valence-corrected chi connectivity index (χ2v) is 2.46. The predicted molar refractivity (Wildman–Crippen MR) is 36.9 cm³/mol. The van der Waals surface area contributed by atoms with Crippen molar-refractivity contribution in [3.8, 4) is 0 Å². The van der Waals surface area contributed by atoms with Crippen LogP contribution in [-0.4, -0.2) is 0 Å². The van der Waals surface area contributed by atoms with Crippen LogP contribution in [0.2, 0.25) is 0 Å². The average Bonchev–Trinajstić information content (AvgIpc) is 1.83. The molecular weight excluding hydrogens is 185 g/mol. The monoisotopic (exact) mass is 188 g/mol. The quantitative estimate of drug-likeness (QED) is 0.598. The number of halogens is 2. The average molecular weight is 189 g/mol. The maximum atomic E-state index is 12.5.